The van der Waals surface area contributed by atoms with Crippen molar-refractivity contribution in [2.24, 2.45) is 0 Å². The summed E-state index contributed by atoms with van der Waals surface area (Å²) in [4.78, 5) is 11.5. The number of aromatic nitrogens is 2. The average Bonchev–Trinajstić information content (AvgIpc) is 2.28. The van der Waals surface area contributed by atoms with Crippen molar-refractivity contribution in [1.29, 1.82) is 0 Å². The Kier molecular flexibility index (Phi) is 4.86. The van der Waals surface area contributed by atoms with Gasteiger partial charge in [0.15, 0.2) is 0 Å². The molecule has 0 aliphatic heterocycles. The molecule has 0 bridgehead atoms. The SMILES string of the molecule is COc1ccc(=O)n(CC(O)CNC(C)(C)C)n1. The zero-order valence-electron chi connectivity index (χ0n) is 11.3. The lowest BCUT2D eigenvalue weighted by molar-refractivity contribution is 0.135. The smallest absolute Gasteiger partial charge is 0.267 e. The molecule has 6 nitrogen and oxygen atoms in total. The number of nitrogens with one attached hydrogen (secondary N) is 1. The molecule has 18 heavy (non-hydrogen) atoms. The van der Waals surface area contributed by atoms with Gasteiger partial charge in [0, 0.05) is 24.2 Å². The van der Waals surface area contributed by atoms with E-state index >= 15 is 0 Å². The van der Waals surface area contributed by atoms with Gasteiger partial charge in [-0.3, -0.25) is 4.79 Å². The van der Waals surface area contributed by atoms with Gasteiger partial charge >= 0.3 is 0 Å². The number of aliphatic hydroxyl groups is 1. The Morgan fingerprint density at radius 1 is 1.50 bits per heavy atom. The molecule has 0 amide bonds. The number of hydrogen-bond acceptors (Lipinski definition) is 5. The number of nitrogens with zero attached hydrogens (tertiary/aromatic N) is 2. The van der Waals surface area contributed by atoms with E-state index in [2.05, 4.69) is 10.4 Å². The van der Waals surface area contributed by atoms with Gasteiger partial charge in [-0.05, 0) is 20.8 Å². The van der Waals surface area contributed by atoms with E-state index in [1.54, 1.807) is 0 Å². The highest BCUT2D eigenvalue weighted by Gasteiger charge is 2.13. The summed E-state index contributed by atoms with van der Waals surface area (Å²) in [6.07, 6.45) is -0.679. The third kappa shape index (κ3) is 4.85. The van der Waals surface area contributed by atoms with Crippen molar-refractivity contribution in [2.45, 2.75) is 39.0 Å². The zero-order valence-corrected chi connectivity index (χ0v) is 11.3. The predicted molar refractivity (Wildman–Crippen MR) is 68.8 cm³/mol. The largest absolute Gasteiger partial charge is 0.480 e. The van der Waals surface area contributed by atoms with Crippen LogP contribution in [-0.4, -0.2) is 40.2 Å². The average molecular weight is 255 g/mol. The number of ether oxygens (including phenoxy) is 1. The molecule has 1 atom stereocenters. The van der Waals surface area contributed by atoms with Gasteiger partial charge in [0.25, 0.3) is 5.56 Å². The number of rotatable bonds is 5. The van der Waals surface area contributed by atoms with Crippen molar-refractivity contribution in [3.05, 3.63) is 22.5 Å². The molecule has 0 spiro atoms. The maximum atomic E-state index is 11.5. The lowest BCUT2D eigenvalue weighted by atomic mass is 10.1. The first-order chi connectivity index (χ1) is 8.31. The predicted octanol–water partition coefficient (Wildman–Crippen LogP) is 0.000900. The second-order valence-electron chi connectivity index (χ2n) is 5.18. The molecule has 1 aromatic rings. The van der Waals surface area contributed by atoms with Gasteiger partial charge in [-0.2, -0.15) is 0 Å². The van der Waals surface area contributed by atoms with Gasteiger partial charge in [0.1, 0.15) is 0 Å². The molecule has 1 aromatic heterocycles. The summed E-state index contributed by atoms with van der Waals surface area (Å²) in [5.41, 5.74) is -0.334. The van der Waals surface area contributed by atoms with E-state index in [9.17, 15) is 9.90 Å². The molecule has 0 fully saturated rings. The molecule has 0 aliphatic carbocycles. The topological polar surface area (TPSA) is 76.4 Å². The van der Waals surface area contributed by atoms with Gasteiger partial charge in [0.05, 0.1) is 19.8 Å². The van der Waals surface area contributed by atoms with Crippen molar-refractivity contribution in [2.75, 3.05) is 13.7 Å². The van der Waals surface area contributed by atoms with Gasteiger partial charge in [-0.1, -0.05) is 0 Å². The monoisotopic (exact) mass is 255 g/mol. The highest BCUT2D eigenvalue weighted by molar-refractivity contribution is 5.06. The van der Waals surface area contributed by atoms with Crippen LogP contribution in [-0.2, 0) is 6.54 Å². The van der Waals surface area contributed by atoms with E-state index < -0.39 is 6.10 Å². The van der Waals surface area contributed by atoms with Crippen LogP contribution in [0.25, 0.3) is 0 Å². The van der Waals surface area contributed by atoms with Crippen LogP contribution in [0.3, 0.4) is 0 Å². The summed E-state index contributed by atoms with van der Waals surface area (Å²) in [6.45, 7) is 6.56. The first kappa shape index (κ1) is 14.7. The minimum Gasteiger partial charge on any atom is -0.480 e. The normalized spacial score (nSPS) is 13.4. The van der Waals surface area contributed by atoms with Crippen molar-refractivity contribution < 1.29 is 9.84 Å². The van der Waals surface area contributed by atoms with E-state index in [-0.39, 0.29) is 17.6 Å². The van der Waals surface area contributed by atoms with E-state index in [0.29, 0.717) is 12.4 Å². The van der Waals surface area contributed by atoms with Crippen LogP contribution < -0.4 is 15.6 Å². The summed E-state index contributed by atoms with van der Waals surface area (Å²) in [5.74, 6) is 0.352. The van der Waals surface area contributed by atoms with Crippen LogP contribution in [0.5, 0.6) is 5.88 Å². The Labute approximate surface area is 107 Å². The second-order valence-corrected chi connectivity index (χ2v) is 5.18. The first-order valence-electron chi connectivity index (χ1n) is 5.87. The Morgan fingerprint density at radius 2 is 2.17 bits per heavy atom. The molecule has 0 saturated heterocycles. The van der Waals surface area contributed by atoms with Gasteiger partial charge in [-0.15, -0.1) is 5.10 Å². The number of aliphatic hydroxyl groups excluding tert-OH is 1. The Hall–Kier alpha value is -1.40. The van der Waals surface area contributed by atoms with E-state index in [0.717, 1.165) is 0 Å². The maximum Gasteiger partial charge on any atom is 0.267 e. The fourth-order valence-electron chi connectivity index (χ4n) is 1.36. The standard InChI is InChI=1S/C12H21N3O3/c1-12(2,3)13-7-9(16)8-15-11(17)6-5-10(14-15)18-4/h5-6,9,13,16H,7-8H2,1-4H3. The lowest BCUT2D eigenvalue weighted by Crippen LogP contribution is -2.43. The van der Waals surface area contributed by atoms with E-state index in [1.807, 2.05) is 20.8 Å². The minimum atomic E-state index is -0.679. The summed E-state index contributed by atoms with van der Waals surface area (Å²) in [7, 11) is 1.48. The Bertz CT molecular complexity index is 437. The second kappa shape index (κ2) is 5.97. The van der Waals surface area contributed by atoms with Crippen LogP contribution in [0.1, 0.15) is 20.8 Å². The summed E-state index contributed by atoms with van der Waals surface area (Å²) >= 11 is 0. The van der Waals surface area contributed by atoms with Crippen molar-refractivity contribution >= 4 is 0 Å². The molecule has 2 N–H and O–H groups in total. The summed E-state index contributed by atoms with van der Waals surface area (Å²) < 4.78 is 6.14. The van der Waals surface area contributed by atoms with Crippen LogP contribution in [0.15, 0.2) is 16.9 Å². The Balaban J connectivity index is 2.64. The van der Waals surface area contributed by atoms with Crippen LogP contribution in [0.2, 0.25) is 0 Å². The van der Waals surface area contributed by atoms with Gasteiger partial charge in [-0.25, -0.2) is 4.68 Å². The number of β-amino-alcohol motifs (C(OH)–C–C–N with tert-alkyl or cyclic N) is 1. The molecule has 0 aliphatic rings. The molecule has 0 saturated carbocycles. The van der Waals surface area contributed by atoms with Crippen LogP contribution in [0, 0.1) is 0 Å². The fraction of sp³-hybridized carbons (Fsp3) is 0.667. The number of methoxy groups -OCH3 is 1. The quantitative estimate of drug-likeness (QED) is 0.774. The molecule has 6 heteroatoms. The molecule has 1 rings (SSSR count). The summed E-state index contributed by atoms with van der Waals surface area (Å²) in [5, 5.41) is 17.0. The van der Waals surface area contributed by atoms with E-state index in [4.69, 9.17) is 4.74 Å². The minimum absolute atomic E-state index is 0.0756. The highest BCUT2D eigenvalue weighted by Crippen LogP contribution is 2.01. The maximum absolute atomic E-state index is 11.5. The molecular formula is C12H21N3O3. The summed E-state index contributed by atoms with van der Waals surface area (Å²) in [6, 6.07) is 2.87. The van der Waals surface area contributed by atoms with Gasteiger partial charge in [0.2, 0.25) is 5.88 Å². The molecule has 0 radical (unpaired) electrons. The Morgan fingerprint density at radius 3 is 2.72 bits per heavy atom. The zero-order chi connectivity index (χ0) is 13.8. The van der Waals surface area contributed by atoms with Crippen molar-refractivity contribution in [3.8, 4) is 5.88 Å². The first-order valence-corrected chi connectivity index (χ1v) is 5.87. The van der Waals surface area contributed by atoms with Crippen molar-refractivity contribution in [3.63, 3.8) is 0 Å². The molecule has 1 unspecified atom stereocenters. The third-order valence-electron chi connectivity index (χ3n) is 2.30. The van der Waals surface area contributed by atoms with E-state index in [1.165, 1.54) is 23.9 Å². The fourth-order valence-corrected chi connectivity index (χ4v) is 1.36. The van der Waals surface area contributed by atoms with Crippen molar-refractivity contribution in [1.82, 2.24) is 15.1 Å². The molecule has 102 valence electrons. The third-order valence-corrected chi connectivity index (χ3v) is 2.30. The molecule has 0 aromatic carbocycles. The van der Waals surface area contributed by atoms with Crippen LogP contribution in [0.4, 0.5) is 0 Å². The highest BCUT2D eigenvalue weighted by atomic mass is 16.5. The van der Waals surface area contributed by atoms with Gasteiger partial charge < -0.3 is 15.2 Å². The van der Waals surface area contributed by atoms with Crippen LogP contribution >= 0.6 is 0 Å². The molecular weight excluding hydrogens is 234 g/mol. The molecule has 1 heterocycles. The number of hydrogen-bond donors (Lipinski definition) is 2. The lowest BCUT2D eigenvalue weighted by Gasteiger charge is -2.23.